The Kier molecular flexibility index (Phi) is 5.58. The Hall–Kier alpha value is -1.62. The first-order valence-electron chi connectivity index (χ1n) is 6.23. The van der Waals surface area contributed by atoms with Crippen LogP contribution >= 0.6 is 0 Å². The van der Waals surface area contributed by atoms with Crippen molar-refractivity contribution in [3.63, 3.8) is 0 Å². The van der Waals surface area contributed by atoms with Crippen LogP contribution in [0.3, 0.4) is 0 Å². The van der Waals surface area contributed by atoms with E-state index in [1.165, 1.54) is 0 Å². The summed E-state index contributed by atoms with van der Waals surface area (Å²) in [5.74, 6) is 0.512. The number of nitrogens with one attached hydrogen (secondary N) is 1. The van der Waals surface area contributed by atoms with Crippen LogP contribution in [0.2, 0.25) is 0 Å². The van der Waals surface area contributed by atoms with E-state index in [0.717, 1.165) is 6.42 Å². The second-order valence-corrected chi connectivity index (χ2v) is 4.22. The number of ether oxygens (including phenoxy) is 1. The molecule has 0 aliphatic rings. The van der Waals surface area contributed by atoms with E-state index >= 15 is 0 Å². The summed E-state index contributed by atoms with van der Waals surface area (Å²) in [6.07, 6.45) is 2.43. The average molecular weight is 251 g/mol. The molecule has 0 aliphatic carbocycles. The zero-order valence-electron chi connectivity index (χ0n) is 11.1. The van der Waals surface area contributed by atoms with Gasteiger partial charge in [0.2, 0.25) is 11.8 Å². The number of amides is 1. The summed E-state index contributed by atoms with van der Waals surface area (Å²) in [5.41, 5.74) is 6.47. The van der Waals surface area contributed by atoms with E-state index in [1.807, 2.05) is 20.8 Å². The van der Waals surface area contributed by atoms with Gasteiger partial charge in [0, 0.05) is 6.07 Å². The van der Waals surface area contributed by atoms with E-state index in [4.69, 9.17) is 10.5 Å². The third kappa shape index (κ3) is 4.00. The van der Waals surface area contributed by atoms with Crippen LogP contribution < -0.4 is 15.8 Å². The highest BCUT2D eigenvalue weighted by Gasteiger charge is 2.19. The lowest BCUT2D eigenvalue weighted by Gasteiger charge is -2.17. The molecule has 5 heteroatoms. The molecule has 0 fully saturated rings. The van der Waals surface area contributed by atoms with Crippen molar-refractivity contribution in [1.29, 1.82) is 0 Å². The van der Waals surface area contributed by atoms with Gasteiger partial charge in [0.1, 0.15) is 0 Å². The molecule has 0 bridgehead atoms. The summed E-state index contributed by atoms with van der Waals surface area (Å²) < 4.78 is 5.22. The van der Waals surface area contributed by atoms with Crippen LogP contribution in [0.4, 0.5) is 5.69 Å². The van der Waals surface area contributed by atoms with Gasteiger partial charge in [0.05, 0.1) is 24.5 Å². The lowest BCUT2D eigenvalue weighted by Crippen LogP contribution is -2.40. The fraction of sp³-hybridized carbons (Fsp3) is 0.538. The number of nitrogens with zero attached hydrogens (tertiary/aromatic N) is 1. The molecule has 1 aromatic rings. The van der Waals surface area contributed by atoms with Crippen LogP contribution in [0.1, 0.15) is 27.2 Å². The van der Waals surface area contributed by atoms with Gasteiger partial charge in [0.15, 0.2) is 0 Å². The summed E-state index contributed by atoms with van der Waals surface area (Å²) in [5, 5.41) is 2.74. The van der Waals surface area contributed by atoms with Crippen LogP contribution in [-0.2, 0) is 4.79 Å². The molecule has 1 aromatic heterocycles. The summed E-state index contributed by atoms with van der Waals surface area (Å²) in [6, 6.07) is 2.97. The molecule has 0 saturated heterocycles. The van der Waals surface area contributed by atoms with Gasteiger partial charge in [-0.1, -0.05) is 20.3 Å². The Balaban J connectivity index is 2.59. The van der Waals surface area contributed by atoms with Crippen molar-refractivity contribution in [3.8, 4) is 5.88 Å². The molecule has 0 aliphatic heterocycles. The number of pyridine rings is 1. The van der Waals surface area contributed by atoms with E-state index in [-0.39, 0.29) is 11.8 Å². The molecule has 100 valence electrons. The van der Waals surface area contributed by atoms with Crippen molar-refractivity contribution in [1.82, 2.24) is 4.98 Å². The average Bonchev–Trinajstić information content (AvgIpc) is 2.39. The maximum atomic E-state index is 11.8. The largest absolute Gasteiger partial charge is 0.478 e. The van der Waals surface area contributed by atoms with Crippen molar-refractivity contribution >= 4 is 11.6 Å². The zero-order chi connectivity index (χ0) is 13.5. The predicted octanol–water partition coefficient (Wildman–Crippen LogP) is 1.79. The van der Waals surface area contributed by atoms with Gasteiger partial charge < -0.3 is 15.8 Å². The lowest BCUT2D eigenvalue weighted by atomic mass is 9.99. The first kappa shape index (κ1) is 14.4. The molecule has 5 nitrogen and oxygen atoms in total. The molecule has 0 saturated carbocycles. The number of hydrogen-bond donors (Lipinski definition) is 2. The third-order valence-corrected chi connectivity index (χ3v) is 2.86. The summed E-state index contributed by atoms with van der Waals surface area (Å²) in [4.78, 5) is 15.9. The zero-order valence-corrected chi connectivity index (χ0v) is 11.1. The van der Waals surface area contributed by atoms with Crippen LogP contribution in [0, 0.1) is 5.92 Å². The minimum atomic E-state index is -0.499. The molecule has 0 spiro atoms. The molecule has 0 radical (unpaired) electrons. The number of carbonyl (C=O) groups excluding carboxylic acids is 1. The highest BCUT2D eigenvalue weighted by atomic mass is 16.5. The number of aromatic nitrogens is 1. The maximum absolute atomic E-state index is 11.8. The van der Waals surface area contributed by atoms with E-state index < -0.39 is 6.04 Å². The Labute approximate surface area is 108 Å². The third-order valence-electron chi connectivity index (χ3n) is 2.86. The number of carbonyl (C=O) groups is 1. The minimum absolute atomic E-state index is 0.153. The number of anilines is 1. The molecule has 3 N–H and O–H groups in total. The van der Waals surface area contributed by atoms with Gasteiger partial charge in [0.25, 0.3) is 0 Å². The van der Waals surface area contributed by atoms with Crippen molar-refractivity contribution in [2.24, 2.45) is 11.7 Å². The Morgan fingerprint density at radius 1 is 1.50 bits per heavy atom. The monoisotopic (exact) mass is 251 g/mol. The van der Waals surface area contributed by atoms with E-state index in [1.54, 1.807) is 18.3 Å². The van der Waals surface area contributed by atoms with Crippen molar-refractivity contribution in [3.05, 3.63) is 18.3 Å². The van der Waals surface area contributed by atoms with E-state index in [0.29, 0.717) is 18.2 Å². The molecule has 2 unspecified atom stereocenters. The van der Waals surface area contributed by atoms with Crippen molar-refractivity contribution in [2.45, 2.75) is 33.2 Å². The summed E-state index contributed by atoms with van der Waals surface area (Å²) in [7, 11) is 0. The molecular weight excluding hydrogens is 230 g/mol. The quantitative estimate of drug-likeness (QED) is 0.808. The topological polar surface area (TPSA) is 77.2 Å². The lowest BCUT2D eigenvalue weighted by molar-refractivity contribution is -0.118. The Morgan fingerprint density at radius 2 is 2.22 bits per heavy atom. The van der Waals surface area contributed by atoms with E-state index in [9.17, 15) is 4.79 Å². The van der Waals surface area contributed by atoms with Gasteiger partial charge in [-0.05, 0) is 18.9 Å². The van der Waals surface area contributed by atoms with Gasteiger partial charge in [-0.2, -0.15) is 0 Å². The van der Waals surface area contributed by atoms with Gasteiger partial charge in [-0.3, -0.25) is 4.79 Å². The SMILES string of the molecule is CCOc1ccc(NC(=O)C(N)C(C)CC)cn1. The summed E-state index contributed by atoms with van der Waals surface area (Å²) >= 11 is 0. The highest BCUT2D eigenvalue weighted by molar-refractivity contribution is 5.94. The molecular formula is C13H21N3O2. The number of nitrogens with two attached hydrogens (primary N) is 1. The first-order valence-corrected chi connectivity index (χ1v) is 6.23. The van der Waals surface area contributed by atoms with E-state index in [2.05, 4.69) is 10.3 Å². The molecule has 1 rings (SSSR count). The maximum Gasteiger partial charge on any atom is 0.241 e. The standard InChI is InChI=1S/C13H21N3O2/c1-4-9(3)12(14)13(17)16-10-6-7-11(15-8-10)18-5-2/h6-9,12H,4-5,14H2,1-3H3,(H,16,17). The second-order valence-electron chi connectivity index (χ2n) is 4.22. The Bertz CT molecular complexity index is 378. The predicted molar refractivity (Wildman–Crippen MR) is 71.5 cm³/mol. The smallest absolute Gasteiger partial charge is 0.241 e. The van der Waals surface area contributed by atoms with Crippen LogP contribution in [-0.4, -0.2) is 23.5 Å². The number of rotatable bonds is 6. The number of hydrogen-bond acceptors (Lipinski definition) is 4. The second kappa shape index (κ2) is 6.96. The highest BCUT2D eigenvalue weighted by Crippen LogP contribution is 2.13. The van der Waals surface area contributed by atoms with Crippen LogP contribution in [0.5, 0.6) is 5.88 Å². The fourth-order valence-corrected chi connectivity index (χ4v) is 1.43. The molecule has 18 heavy (non-hydrogen) atoms. The Morgan fingerprint density at radius 3 is 2.72 bits per heavy atom. The normalized spacial score (nSPS) is 13.8. The molecule has 1 amide bonds. The van der Waals surface area contributed by atoms with Gasteiger partial charge in [-0.25, -0.2) is 4.98 Å². The van der Waals surface area contributed by atoms with Crippen LogP contribution in [0.25, 0.3) is 0 Å². The van der Waals surface area contributed by atoms with Gasteiger partial charge in [-0.15, -0.1) is 0 Å². The molecule has 2 atom stereocenters. The van der Waals surface area contributed by atoms with Crippen LogP contribution in [0.15, 0.2) is 18.3 Å². The molecule has 0 aromatic carbocycles. The van der Waals surface area contributed by atoms with Crippen molar-refractivity contribution in [2.75, 3.05) is 11.9 Å². The first-order chi connectivity index (χ1) is 8.58. The fourth-order valence-electron chi connectivity index (χ4n) is 1.43. The summed E-state index contributed by atoms with van der Waals surface area (Å²) in [6.45, 7) is 6.43. The van der Waals surface area contributed by atoms with Crippen molar-refractivity contribution < 1.29 is 9.53 Å². The minimum Gasteiger partial charge on any atom is -0.478 e. The molecule has 1 heterocycles. The van der Waals surface area contributed by atoms with Gasteiger partial charge >= 0.3 is 0 Å².